The minimum absolute atomic E-state index is 0.0814. The number of carbonyl (C=O) groups is 1. The van der Waals surface area contributed by atoms with Gasteiger partial charge in [0.15, 0.2) is 0 Å². The van der Waals surface area contributed by atoms with Gasteiger partial charge in [0.05, 0.1) is 18.6 Å². The van der Waals surface area contributed by atoms with E-state index < -0.39 is 10.1 Å². The van der Waals surface area contributed by atoms with E-state index in [1.165, 1.54) is 37.3 Å². The molecule has 0 atom stereocenters. The largest absolute Gasteiger partial charge is 0.467 e. The van der Waals surface area contributed by atoms with Crippen molar-refractivity contribution in [2.75, 3.05) is 19.5 Å². The van der Waals surface area contributed by atoms with Crippen LogP contribution in [0.4, 0.5) is 0 Å². The van der Waals surface area contributed by atoms with E-state index in [1.807, 2.05) is 0 Å². The Hall–Kier alpha value is -2.03. The van der Waals surface area contributed by atoms with Gasteiger partial charge in [-0.15, -0.1) is 0 Å². The summed E-state index contributed by atoms with van der Waals surface area (Å²) in [5, 5.41) is 0.401. The fraction of sp³-hybridized carbons (Fsp3) is 0.353. The van der Waals surface area contributed by atoms with Gasteiger partial charge in [-0.05, 0) is 37.3 Å². The molecule has 0 aliphatic heterocycles. The summed E-state index contributed by atoms with van der Waals surface area (Å²) in [4.78, 5) is 13.9. The van der Waals surface area contributed by atoms with Crippen LogP contribution in [0, 0.1) is 0 Å². The lowest BCUT2D eigenvalue weighted by Crippen LogP contribution is -2.33. The molecular formula is C17H20ClNO6S. The fourth-order valence-corrected chi connectivity index (χ4v) is 2.94. The molecule has 1 aromatic heterocycles. The number of furan rings is 1. The molecule has 0 N–H and O–H groups in total. The second kappa shape index (κ2) is 9.07. The van der Waals surface area contributed by atoms with E-state index in [0.717, 1.165) is 0 Å². The zero-order valence-corrected chi connectivity index (χ0v) is 16.0. The summed E-state index contributed by atoms with van der Waals surface area (Å²) in [5.41, 5.74) is 0.463. The smallest absolute Gasteiger partial charge is 0.308 e. The van der Waals surface area contributed by atoms with E-state index in [9.17, 15) is 13.2 Å². The monoisotopic (exact) mass is 401 g/mol. The fourth-order valence-electron chi connectivity index (χ4n) is 2.19. The topological polar surface area (TPSA) is 86.1 Å². The highest BCUT2D eigenvalue weighted by Gasteiger charge is 2.20. The number of hydrogen-bond acceptors (Lipinski definition) is 6. The van der Waals surface area contributed by atoms with Crippen LogP contribution >= 0.6 is 11.6 Å². The number of ether oxygens (including phenoxy) is 1. The van der Waals surface area contributed by atoms with Crippen LogP contribution in [0.1, 0.15) is 18.2 Å². The Morgan fingerprint density at radius 1 is 1.27 bits per heavy atom. The number of nitrogens with zero attached hydrogens (tertiary/aromatic N) is 1. The zero-order valence-electron chi connectivity index (χ0n) is 14.5. The number of benzene rings is 1. The van der Waals surface area contributed by atoms with E-state index in [-0.39, 0.29) is 37.1 Å². The first kappa shape index (κ1) is 20.3. The van der Waals surface area contributed by atoms with Crippen molar-refractivity contribution in [1.82, 2.24) is 4.90 Å². The first-order valence-electron chi connectivity index (χ1n) is 7.84. The third kappa shape index (κ3) is 5.76. The molecule has 0 aliphatic rings. The Kier molecular flexibility index (Phi) is 7.07. The Morgan fingerprint density at radius 3 is 2.65 bits per heavy atom. The van der Waals surface area contributed by atoms with E-state index in [0.29, 0.717) is 16.3 Å². The van der Waals surface area contributed by atoms with E-state index in [4.69, 9.17) is 24.9 Å². The van der Waals surface area contributed by atoms with Gasteiger partial charge in [0.1, 0.15) is 18.1 Å². The van der Waals surface area contributed by atoms with Crippen LogP contribution in [0.15, 0.2) is 41.0 Å². The first-order chi connectivity index (χ1) is 12.3. The second-order valence-corrected chi connectivity index (χ2v) is 7.74. The first-order valence-corrected chi connectivity index (χ1v) is 9.80. The third-order valence-corrected chi connectivity index (χ3v) is 4.88. The molecule has 2 aromatic rings. The van der Waals surface area contributed by atoms with Crippen molar-refractivity contribution < 1.29 is 26.5 Å². The van der Waals surface area contributed by atoms with Crippen molar-refractivity contribution in [3.63, 3.8) is 0 Å². The molecule has 0 aliphatic carbocycles. The lowest BCUT2D eigenvalue weighted by atomic mass is 10.2. The van der Waals surface area contributed by atoms with Crippen molar-refractivity contribution in [2.24, 2.45) is 0 Å². The molecule has 9 heteroatoms. The molecular weight excluding hydrogens is 382 g/mol. The highest BCUT2D eigenvalue weighted by Crippen LogP contribution is 2.26. The molecule has 0 radical (unpaired) electrons. The Labute approximate surface area is 157 Å². The number of carbonyl (C=O) groups excluding carboxylic acids is 1. The van der Waals surface area contributed by atoms with Gasteiger partial charge >= 0.3 is 10.1 Å². The summed E-state index contributed by atoms with van der Waals surface area (Å²) < 4.78 is 39.0. The van der Waals surface area contributed by atoms with Crippen LogP contribution in [0.2, 0.25) is 5.02 Å². The number of rotatable bonds is 9. The second-order valence-electron chi connectivity index (χ2n) is 5.44. The van der Waals surface area contributed by atoms with Crippen LogP contribution < -0.4 is 4.18 Å². The lowest BCUT2D eigenvalue weighted by Gasteiger charge is -2.23. The van der Waals surface area contributed by atoms with Crippen LogP contribution in [-0.2, 0) is 32.7 Å². The van der Waals surface area contributed by atoms with Gasteiger partial charge in [-0.1, -0.05) is 11.6 Å². The average Bonchev–Trinajstić information content (AvgIpc) is 3.10. The molecule has 0 spiro atoms. The van der Waals surface area contributed by atoms with Crippen molar-refractivity contribution in [1.29, 1.82) is 0 Å². The molecule has 142 valence electrons. The molecule has 0 saturated carbocycles. The molecule has 7 nitrogen and oxygen atoms in total. The van der Waals surface area contributed by atoms with Crippen LogP contribution in [0.5, 0.6) is 5.75 Å². The van der Waals surface area contributed by atoms with Gasteiger partial charge < -0.3 is 18.2 Å². The van der Waals surface area contributed by atoms with Crippen molar-refractivity contribution in [2.45, 2.75) is 20.0 Å². The summed E-state index contributed by atoms with van der Waals surface area (Å²) >= 11 is 6.04. The number of hydrogen-bond donors (Lipinski definition) is 0. The van der Waals surface area contributed by atoms with Gasteiger partial charge in [0, 0.05) is 24.2 Å². The summed E-state index contributed by atoms with van der Waals surface area (Å²) in [7, 11) is -2.29. The molecule has 0 saturated heterocycles. The average molecular weight is 402 g/mol. The van der Waals surface area contributed by atoms with Gasteiger partial charge in [-0.25, -0.2) is 0 Å². The maximum Gasteiger partial charge on any atom is 0.308 e. The molecule has 0 bridgehead atoms. The van der Waals surface area contributed by atoms with Crippen molar-refractivity contribution >= 4 is 27.6 Å². The molecule has 2 rings (SSSR count). The van der Waals surface area contributed by atoms with Crippen molar-refractivity contribution in [3.8, 4) is 5.75 Å². The lowest BCUT2D eigenvalue weighted by molar-refractivity contribution is -0.136. The summed E-state index contributed by atoms with van der Waals surface area (Å²) in [5.74, 6) is 0.257. The molecule has 1 heterocycles. The van der Waals surface area contributed by atoms with E-state index in [1.54, 1.807) is 18.2 Å². The molecule has 0 unspecified atom stereocenters. The van der Waals surface area contributed by atoms with Crippen LogP contribution in [-0.4, -0.2) is 38.7 Å². The summed E-state index contributed by atoms with van der Waals surface area (Å²) in [6.45, 7) is 1.64. The molecule has 26 heavy (non-hydrogen) atoms. The maximum atomic E-state index is 12.4. The number of methoxy groups -OCH3 is 1. The van der Waals surface area contributed by atoms with Gasteiger partial charge in [0.2, 0.25) is 5.91 Å². The summed E-state index contributed by atoms with van der Waals surface area (Å²) in [6.07, 6.45) is 1.51. The number of halogens is 1. The zero-order chi connectivity index (χ0) is 19.2. The van der Waals surface area contributed by atoms with E-state index in [2.05, 4.69) is 0 Å². The van der Waals surface area contributed by atoms with Crippen molar-refractivity contribution in [3.05, 3.63) is 52.9 Å². The Balaban J connectivity index is 2.31. The molecule has 1 aromatic carbocycles. The van der Waals surface area contributed by atoms with Gasteiger partial charge in [-0.2, -0.15) is 8.42 Å². The standard InChI is InChI=1S/C17H20ClNO6S/c1-3-26(21,22)25-16-7-6-14(18)9-13(16)10-19(17(20)12-23-2)11-15-5-4-8-24-15/h4-9H,3,10-12H2,1-2H3. The predicted octanol–water partition coefficient (Wildman–Crippen LogP) is 2.84. The Morgan fingerprint density at radius 2 is 2.04 bits per heavy atom. The highest BCUT2D eigenvalue weighted by molar-refractivity contribution is 7.87. The maximum absolute atomic E-state index is 12.4. The quantitative estimate of drug-likeness (QED) is 0.600. The summed E-state index contributed by atoms with van der Waals surface area (Å²) in [6, 6.07) is 8.02. The van der Waals surface area contributed by atoms with E-state index >= 15 is 0 Å². The highest BCUT2D eigenvalue weighted by atomic mass is 35.5. The minimum Gasteiger partial charge on any atom is -0.467 e. The Bertz CT molecular complexity index is 835. The minimum atomic E-state index is -3.71. The number of amides is 1. The molecule has 1 amide bonds. The normalized spacial score (nSPS) is 11.3. The molecule has 0 fully saturated rings. The SMILES string of the molecule is CCS(=O)(=O)Oc1ccc(Cl)cc1CN(Cc1ccco1)C(=O)COC. The predicted molar refractivity (Wildman–Crippen MR) is 96.4 cm³/mol. The third-order valence-electron chi connectivity index (χ3n) is 3.50. The van der Waals surface area contributed by atoms with Gasteiger partial charge in [0.25, 0.3) is 0 Å². The van der Waals surface area contributed by atoms with Crippen LogP contribution in [0.3, 0.4) is 0 Å². The van der Waals surface area contributed by atoms with Gasteiger partial charge in [-0.3, -0.25) is 4.79 Å². The van der Waals surface area contributed by atoms with Crippen LogP contribution in [0.25, 0.3) is 0 Å².